The van der Waals surface area contributed by atoms with E-state index in [4.69, 9.17) is 18.9 Å². The summed E-state index contributed by atoms with van der Waals surface area (Å²) in [4.78, 5) is 68.6. The molecule has 7 saturated carbocycles. The first kappa shape index (κ1) is 103. The lowest BCUT2D eigenvalue weighted by molar-refractivity contribution is -0.172. The van der Waals surface area contributed by atoms with Crippen molar-refractivity contribution in [2.75, 3.05) is 13.2 Å². The largest absolute Gasteiger partial charge is 0.743 e. The number of hydrogen-bond donors (Lipinski definition) is 4. The summed E-state index contributed by atoms with van der Waals surface area (Å²) in [5.74, 6) is -7.52. The van der Waals surface area contributed by atoms with Crippen molar-refractivity contribution in [3.8, 4) is 0 Å². The van der Waals surface area contributed by atoms with Gasteiger partial charge in [-0.3, -0.25) is 19.2 Å². The second kappa shape index (κ2) is 41.1. The Bertz CT molecular complexity index is 4700. The van der Waals surface area contributed by atoms with Crippen LogP contribution in [-0.4, -0.2) is 214 Å². The molecule has 0 aromatic heterocycles. The smallest absolute Gasteiger partial charge is 0.370 e. The lowest BCUT2D eigenvalue weighted by Gasteiger charge is -2.40. The molecule has 0 radical (unpaired) electrons. The van der Waals surface area contributed by atoms with Crippen molar-refractivity contribution in [1.82, 2.24) is 0 Å². The van der Waals surface area contributed by atoms with Crippen LogP contribution in [0.2, 0.25) is 0 Å². The van der Waals surface area contributed by atoms with Crippen molar-refractivity contribution >= 4 is 109 Å². The Kier molecular flexibility index (Phi) is 34.3. The van der Waals surface area contributed by atoms with Crippen molar-refractivity contribution < 1.29 is 174 Å². The van der Waals surface area contributed by atoms with Crippen LogP contribution < -0.4 is 0 Å². The monoisotopic (exact) mass is 1830 g/mol. The fraction of sp³-hybridized carbons (Fsp3) is 0.630. The molecule has 4 N–H and O–H groups in total. The number of fused-ring (bicyclic) bond motifs is 6. The summed E-state index contributed by atoms with van der Waals surface area (Å²) >= 11 is 0. The van der Waals surface area contributed by atoms with Gasteiger partial charge in [-0.2, -0.15) is 35.1 Å². The van der Waals surface area contributed by atoms with E-state index in [0.29, 0.717) is 66.2 Å². The lowest BCUT2D eigenvalue weighted by Crippen LogP contribution is -2.49. The molecule has 690 valence electrons. The molecule has 2 aliphatic heterocycles. The van der Waals surface area contributed by atoms with Gasteiger partial charge in [-0.05, 0) is 156 Å². The number of aliphatic hydroxyl groups is 4. The van der Waals surface area contributed by atoms with Gasteiger partial charge in [0.15, 0.2) is 64.9 Å². The standard InChI is InChI=1S/C18H24F2O9S.C17H24F2O9S.C14H10.C10H8.2C6H12O.2C5H8F2O5S/c1-8(18(19,20)30(24,25)26)28-11(21)7-27-14-10-6-9-12(16(22)29-15(9)14)13(10)17(23)4-2-3-5-17;1-9(17(18,19)29(23,24)25)27-14(20)8-26-12-7-11(16(22)4-2-3-5-16)10-6-13(12)28-15(10)21;1-2-6-12-10-14-8-4-3-7-13(14)9-11(12)5-1;1-2-6-10-8-4-3-7-9(10)5-1;2*1-6(7)4-2-3-5-6;2*1-3(12-4(2)8)5(6,7)13(9,10)11/h8-10,12-15,23H,2-7H2,1H3,(H,24,25,26);9-13,22H,2-8H2,1H3,(H,23,24,25);1-10H;1-8H;2*7H,2-5H2,1H3;2*3H,1-2H3,(H,9,10,11)/p-4. The molecule has 4 bridgehead atoms. The maximum atomic E-state index is 13.5. The molecule has 5 aromatic rings. The van der Waals surface area contributed by atoms with Gasteiger partial charge in [0.1, 0.15) is 25.4 Å². The summed E-state index contributed by atoms with van der Waals surface area (Å²) in [6.45, 7) is 6.33. The van der Waals surface area contributed by atoms with Crippen molar-refractivity contribution in [1.29, 1.82) is 0 Å². The van der Waals surface area contributed by atoms with Gasteiger partial charge in [-0.25, -0.2) is 43.3 Å². The molecule has 42 heteroatoms. The SMILES string of the molecule is CC(=O)OC(C)C(F)(F)S(=O)(=O)[O-].CC(=O)OC(C)C(F)(F)S(=O)(=O)[O-].CC(OC(=O)COC1C2CC3C1OC(=O)C3C2C1(O)CCCC1)C(F)(F)S(=O)(=O)[O-].CC(OC(=O)COC1CC(C2(O)CCCC2)C2CC1OC2=O)C(F)(F)S(=O)(=O)[O-].CC1(O)CCCC1.CC1(O)CCCC1.c1ccc2cc3ccccc3cc2c1.c1ccc2ccccc2c1. The van der Waals surface area contributed by atoms with Gasteiger partial charge in [-0.15, -0.1) is 0 Å². The fourth-order valence-corrected chi connectivity index (χ4v) is 18.6. The Hall–Kier alpha value is -7.46. The molecular formula is C81H102F8O30S4-4. The quantitative estimate of drug-likeness (QED) is 0.0185. The number of esters is 6. The van der Waals surface area contributed by atoms with Gasteiger partial charge in [0, 0.05) is 38.0 Å². The third-order valence-electron chi connectivity index (χ3n) is 23.2. The normalized spacial score (nSPS) is 25.4. The highest BCUT2D eigenvalue weighted by Crippen LogP contribution is 2.63. The van der Waals surface area contributed by atoms with E-state index in [0.717, 1.165) is 65.2 Å². The Balaban J connectivity index is 0.000000204. The molecule has 30 nitrogen and oxygen atoms in total. The van der Waals surface area contributed by atoms with Crippen LogP contribution in [0.15, 0.2) is 109 Å². The van der Waals surface area contributed by atoms with Crippen LogP contribution in [0.25, 0.3) is 32.3 Å². The first-order valence-electron chi connectivity index (χ1n) is 39.6. The second-order valence-corrected chi connectivity index (χ2v) is 38.4. The molecule has 5 aromatic carbocycles. The van der Waals surface area contributed by atoms with Crippen LogP contribution in [0, 0.1) is 35.5 Å². The minimum atomic E-state index is -6.01. The summed E-state index contributed by atoms with van der Waals surface area (Å²) in [7, 11) is -23.6. The molecule has 0 amide bonds. The molecule has 14 unspecified atom stereocenters. The van der Waals surface area contributed by atoms with Gasteiger partial charge in [-0.1, -0.05) is 148 Å². The first-order valence-corrected chi connectivity index (χ1v) is 45.3. The first-order chi connectivity index (χ1) is 56.7. The van der Waals surface area contributed by atoms with Crippen LogP contribution >= 0.6 is 0 Å². The number of carbonyl (C=O) groups is 6. The summed E-state index contributed by atoms with van der Waals surface area (Å²) in [6, 6.07) is 38.1. The molecule has 123 heavy (non-hydrogen) atoms. The summed E-state index contributed by atoms with van der Waals surface area (Å²) in [5.41, 5.74) is -2.63. The van der Waals surface area contributed by atoms with Crippen molar-refractivity contribution in [3.63, 3.8) is 0 Å². The predicted octanol–water partition coefficient (Wildman–Crippen LogP) is 10.9. The summed E-state index contributed by atoms with van der Waals surface area (Å²) < 4.78 is 266. The third-order valence-corrected chi connectivity index (χ3v) is 27.2. The Morgan fingerprint density at radius 3 is 1.07 bits per heavy atom. The van der Waals surface area contributed by atoms with Crippen LogP contribution in [0.3, 0.4) is 0 Å². The highest BCUT2D eigenvalue weighted by Gasteiger charge is 2.71. The number of carbonyl (C=O) groups excluding carboxylic acids is 6. The van der Waals surface area contributed by atoms with E-state index in [1.807, 2.05) is 13.8 Å². The van der Waals surface area contributed by atoms with Gasteiger partial charge < -0.3 is 76.5 Å². The van der Waals surface area contributed by atoms with E-state index in [9.17, 15) is 136 Å². The second-order valence-electron chi connectivity index (χ2n) is 32.6. The zero-order valence-corrected chi connectivity index (χ0v) is 71.7. The topological polar surface area (TPSA) is 486 Å². The molecule has 9 aliphatic rings. The predicted molar refractivity (Wildman–Crippen MR) is 417 cm³/mol. The van der Waals surface area contributed by atoms with Crippen LogP contribution in [0.5, 0.6) is 0 Å². The molecule has 9 fully saturated rings. The molecule has 2 heterocycles. The van der Waals surface area contributed by atoms with E-state index in [2.05, 4.69) is 128 Å². The number of alkyl halides is 8. The van der Waals surface area contributed by atoms with Gasteiger partial charge in [0.25, 0.3) is 0 Å². The zero-order chi connectivity index (χ0) is 92.2. The number of benzene rings is 5. The van der Waals surface area contributed by atoms with E-state index in [1.54, 1.807) is 0 Å². The molecule has 0 spiro atoms. The fourth-order valence-electron chi connectivity index (χ4n) is 16.8. The van der Waals surface area contributed by atoms with Gasteiger partial charge in [0.2, 0.25) is 0 Å². The van der Waals surface area contributed by atoms with Crippen LogP contribution in [0.1, 0.15) is 177 Å². The molecule has 7 aliphatic carbocycles. The maximum absolute atomic E-state index is 13.5. The van der Waals surface area contributed by atoms with E-state index in [1.165, 1.54) is 58.0 Å². The number of ether oxygens (including phenoxy) is 8. The minimum Gasteiger partial charge on any atom is -0.743 e. The van der Waals surface area contributed by atoms with E-state index < -0.39 is 182 Å². The average molecular weight is 1840 g/mol. The van der Waals surface area contributed by atoms with Crippen LogP contribution in [-0.2, 0) is 107 Å². The summed E-state index contributed by atoms with van der Waals surface area (Å²) in [5, 5.41) is 29.5. The highest BCUT2D eigenvalue weighted by atomic mass is 32.2. The van der Waals surface area contributed by atoms with E-state index >= 15 is 0 Å². The maximum Gasteiger partial charge on any atom is 0.370 e. The van der Waals surface area contributed by atoms with Gasteiger partial charge >= 0.3 is 56.8 Å². The summed E-state index contributed by atoms with van der Waals surface area (Å²) in [6.07, 6.45) is 3.50. The number of rotatable bonds is 20. The van der Waals surface area contributed by atoms with Crippen molar-refractivity contribution in [2.24, 2.45) is 35.5 Å². The average Bonchev–Trinajstić information content (AvgIpc) is 1.53. The molecular weight excluding hydrogens is 1730 g/mol. The Morgan fingerprint density at radius 1 is 0.439 bits per heavy atom. The van der Waals surface area contributed by atoms with Crippen LogP contribution in [0.4, 0.5) is 35.1 Å². The Labute approximate surface area is 706 Å². The molecule has 14 rings (SSSR count). The number of hydrogen-bond acceptors (Lipinski definition) is 30. The van der Waals surface area contributed by atoms with Crippen molar-refractivity contribution in [3.05, 3.63) is 109 Å². The van der Waals surface area contributed by atoms with E-state index in [-0.39, 0.29) is 41.3 Å². The third kappa shape index (κ3) is 26.4. The minimum absolute atomic E-state index is 0.132. The Morgan fingerprint density at radius 2 is 0.748 bits per heavy atom. The zero-order valence-electron chi connectivity index (χ0n) is 68.4. The highest BCUT2D eigenvalue weighted by molar-refractivity contribution is 7.87. The number of halogens is 8. The lowest BCUT2D eigenvalue weighted by atomic mass is 9.68. The molecule has 14 atom stereocenters. The van der Waals surface area contributed by atoms with Crippen molar-refractivity contribution in [2.45, 2.75) is 270 Å². The molecule has 2 saturated heterocycles. The van der Waals surface area contributed by atoms with Gasteiger partial charge in [0.05, 0.1) is 46.4 Å².